The first kappa shape index (κ1) is 10.5. The summed E-state index contributed by atoms with van der Waals surface area (Å²) in [7, 11) is 0. The number of fused-ring (bicyclic) bond motifs is 1. The summed E-state index contributed by atoms with van der Waals surface area (Å²) in [6, 6.07) is 6.89. The summed E-state index contributed by atoms with van der Waals surface area (Å²) in [6.07, 6.45) is 3.63. The van der Waals surface area contributed by atoms with Crippen molar-refractivity contribution in [3.05, 3.63) is 41.0 Å². The van der Waals surface area contributed by atoms with Gasteiger partial charge in [-0.1, -0.05) is 50.6 Å². The van der Waals surface area contributed by atoms with Crippen molar-refractivity contribution in [2.45, 2.75) is 40.0 Å². The van der Waals surface area contributed by atoms with E-state index in [2.05, 4.69) is 52.0 Å². The lowest BCUT2D eigenvalue weighted by molar-refractivity contribution is 0.743. The van der Waals surface area contributed by atoms with Crippen molar-refractivity contribution in [1.82, 2.24) is 0 Å². The fourth-order valence-electron chi connectivity index (χ4n) is 2.44. The van der Waals surface area contributed by atoms with Crippen molar-refractivity contribution in [3.63, 3.8) is 0 Å². The molecule has 15 heavy (non-hydrogen) atoms. The lowest BCUT2D eigenvalue weighted by Crippen LogP contribution is -2.07. The van der Waals surface area contributed by atoms with Gasteiger partial charge in [0.2, 0.25) is 0 Å². The minimum Gasteiger partial charge on any atom is -0.0799 e. The highest BCUT2D eigenvalue weighted by atomic mass is 14.2. The van der Waals surface area contributed by atoms with E-state index in [0.717, 1.165) is 0 Å². The minimum atomic E-state index is 0.637. The Balaban J connectivity index is 2.55. The molecule has 0 fully saturated rings. The molecule has 0 radical (unpaired) electrons. The molecule has 0 aromatic heterocycles. The molecule has 0 heterocycles. The number of rotatable bonds is 1. The van der Waals surface area contributed by atoms with Crippen LogP contribution in [0.4, 0.5) is 0 Å². The molecule has 1 atom stereocenters. The van der Waals surface area contributed by atoms with Crippen molar-refractivity contribution in [2.24, 2.45) is 5.92 Å². The first-order valence-corrected chi connectivity index (χ1v) is 5.90. The van der Waals surface area contributed by atoms with Gasteiger partial charge >= 0.3 is 0 Å². The van der Waals surface area contributed by atoms with Gasteiger partial charge in [0.05, 0.1) is 0 Å². The summed E-state index contributed by atoms with van der Waals surface area (Å²) in [4.78, 5) is 0. The number of aryl methyl sites for hydroxylation is 1. The van der Waals surface area contributed by atoms with Crippen LogP contribution in [0.5, 0.6) is 0 Å². The van der Waals surface area contributed by atoms with E-state index in [-0.39, 0.29) is 0 Å². The first-order valence-electron chi connectivity index (χ1n) is 5.90. The van der Waals surface area contributed by atoms with Gasteiger partial charge in [0.1, 0.15) is 0 Å². The molecule has 0 nitrogen and oxygen atoms in total. The van der Waals surface area contributed by atoms with Crippen molar-refractivity contribution in [3.8, 4) is 0 Å². The molecule has 1 aliphatic rings. The van der Waals surface area contributed by atoms with Crippen LogP contribution in [0, 0.1) is 12.8 Å². The molecule has 1 aromatic carbocycles. The lowest BCUT2D eigenvalue weighted by Gasteiger charge is -2.25. The highest BCUT2D eigenvalue weighted by Gasteiger charge is 2.19. The molecule has 0 unspecified atom stereocenters. The molecule has 0 spiro atoms. The molecule has 0 amide bonds. The van der Waals surface area contributed by atoms with Crippen LogP contribution in [-0.2, 0) is 0 Å². The van der Waals surface area contributed by atoms with E-state index in [0.29, 0.717) is 11.8 Å². The van der Waals surface area contributed by atoms with Crippen molar-refractivity contribution >= 4 is 5.57 Å². The van der Waals surface area contributed by atoms with Crippen LogP contribution in [-0.4, -0.2) is 0 Å². The SMILES string of the molecule is Cc1ccc2c(c1)C(C(C)C)=CC[C@@H]2C. The van der Waals surface area contributed by atoms with Crippen molar-refractivity contribution in [2.75, 3.05) is 0 Å². The minimum absolute atomic E-state index is 0.637. The maximum Gasteiger partial charge on any atom is -0.0150 e. The van der Waals surface area contributed by atoms with E-state index in [1.54, 1.807) is 0 Å². The van der Waals surface area contributed by atoms with Crippen LogP contribution in [0.3, 0.4) is 0 Å². The van der Waals surface area contributed by atoms with E-state index >= 15 is 0 Å². The molecule has 80 valence electrons. The lowest BCUT2D eigenvalue weighted by atomic mass is 9.80. The molecule has 0 heteroatoms. The fraction of sp³-hybridized carbons (Fsp3) is 0.467. The van der Waals surface area contributed by atoms with E-state index in [4.69, 9.17) is 0 Å². The smallest absolute Gasteiger partial charge is 0.0150 e. The molecule has 0 bridgehead atoms. The number of benzene rings is 1. The van der Waals surface area contributed by atoms with Crippen molar-refractivity contribution < 1.29 is 0 Å². The zero-order chi connectivity index (χ0) is 11.0. The molecule has 2 rings (SSSR count). The number of hydrogen-bond donors (Lipinski definition) is 0. The second kappa shape index (κ2) is 3.84. The quantitative estimate of drug-likeness (QED) is 0.624. The molecule has 0 aliphatic heterocycles. The second-order valence-electron chi connectivity index (χ2n) is 5.04. The predicted octanol–water partition coefficient (Wildman–Crippen LogP) is 4.54. The third kappa shape index (κ3) is 1.86. The Labute approximate surface area is 93.0 Å². The molecule has 1 aliphatic carbocycles. The summed E-state index contributed by atoms with van der Waals surface area (Å²) in [5.74, 6) is 1.32. The van der Waals surface area contributed by atoms with Gasteiger partial charge in [-0.3, -0.25) is 0 Å². The Morgan fingerprint density at radius 1 is 1.27 bits per heavy atom. The fourth-order valence-corrected chi connectivity index (χ4v) is 2.44. The molecule has 1 aromatic rings. The summed E-state index contributed by atoms with van der Waals surface area (Å²) < 4.78 is 0. The van der Waals surface area contributed by atoms with Gasteiger partial charge in [-0.15, -0.1) is 0 Å². The van der Waals surface area contributed by atoms with Crippen LogP contribution in [0.1, 0.15) is 49.8 Å². The second-order valence-corrected chi connectivity index (χ2v) is 5.04. The summed E-state index contributed by atoms with van der Waals surface area (Å²) >= 11 is 0. The monoisotopic (exact) mass is 200 g/mol. The van der Waals surface area contributed by atoms with Crippen LogP contribution >= 0.6 is 0 Å². The highest BCUT2D eigenvalue weighted by molar-refractivity contribution is 5.72. The Bertz CT molecular complexity index is 396. The van der Waals surface area contributed by atoms with E-state index in [1.807, 2.05) is 0 Å². The van der Waals surface area contributed by atoms with Gasteiger partial charge in [0, 0.05) is 0 Å². The molecular formula is C15H20. The molecule has 0 saturated carbocycles. The van der Waals surface area contributed by atoms with Crippen LogP contribution < -0.4 is 0 Å². The molecule has 0 N–H and O–H groups in total. The van der Waals surface area contributed by atoms with Gasteiger partial charge in [-0.05, 0) is 41.9 Å². The third-order valence-electron chi connectivity index (χ3n) is 3.36. The van der Waals surface area contributed by atoms with Crippen molar-refractivity contribution in [1.29, 1.82) is 0 Å². The van der Waals surface area contributed by atoms with E-state index in [1.165, 1.54) is 28.7 Å². The van der Waals surface area contributed by atoms with E-state index in [9.17, 15) is 0 Å². The molecular weight excluding hydrogens is 180 g/mol. The standard InChI is InChI=1S/C15H20/c1-10(2)13-8-6-12(4)14-7-5-11(3)9-15(13)14/h5,7-10,12H,6H2,1-4H3/t12-/m0/s1. The largest absolute Gasteiger partial charge is 0.0799 e. The van der Waals surface area contributed by atoms with Gasteiger partial charge in [0.25, 0.3) is 0 Å². The maximum absolute atomic E-state index is 2.43. The Hall–Kier alpha value is -1.04. The van der Waals surface area contributed by atoms with E-state index < -0.39 is 0 Å². The van der Waals surface area contributed by atoms with Gasteiger partial charge in [-0.2, -0.15) is 0 Å². The summed E-state index contributed by atoms with van der Waals surface area (Å²) in [5.41, 5.74) is 5.93. The topological polar surface area (TPSA) is 0 Å². The van der Waals surface area contributed by atoms with Crippen LogP contribution in [0.2, 0.25) is 0 Å². The van der Waals surface area contributed by atoms with Gasteiger partial charge in [-0.25, -0.2) is 0 Å². The predicted molar refractivity (Wildman–Crippen MR) is 67.0 cm³/mol. The number of allylic oxidation sites excluding steroid dienone is 2. The average Bonchev–Trinajstić information content (AvgIpc) is 2.17. The zero-order valence-electron chi connectivity index (χ0n) is 10.2. The normalized spacial score (nSPS) is 20.1. The third-order valence-corrected chi connectivity index (χ3v) is 3.36. The zero-order valence-corrected chi connectivity index (χ0v) is 10.2. The maximum atomic E-state index is 2.43. The van der Waals surface area contributed by atoms with Crippen LogP contribution in [0.25, 0.3) is 5.57 Å². The Morgan fingerprint density at radius 2 is 2.00 bits per heavy atom. The Morgan fingerprint density at radius 3 is 2.67 bits per heavy atom. The first-order chi connectivity index (χ1) is 7.09. The van der Waals surface area contributed by atoms with Crippen LogP contribution in [0.15, 0.2) is 24.3 Å². The number of hydrogen-bond acceptors (Lipinski definition) is 0. The summed E-state index contributed by atoms with van der Waals surface area (Å²) in [6.45, 7) is 9.07. The Kier molecular flexibility index (Phi) is 2.68. The summed E-state index contributed by atoms with van der Waals surface area (Å²) in [5, 5.41) is 0. The van der Waals surface area contributed by atoms with Gasteiger partial charge < -0.3 is 0 Å². The highest BCUT2D eigenvalue weighted by Crippen LogP contribution is 2.37. The molecule has 0 saturated heterocycles. The van der Waals surface area contributed by atoms with Gasteiger partial charge in [0.15, 0.2) is 0 Å². The average molecular weight is 200 g/mol.